The lowest BCUT2D eigenvalue weighted by molar-refractivity contribution is -0.158. The Morgan fingerprint density at radius 2 is 1.80 bits per heavy atom. The predicted octanol–water partition coefficient (Wildman–Crippen LogP) is 5.04. The summed E-state index contributed by atoms with van der Waals surface area (Å²) in [6, 6.07) is 13.0. The number of hydrogen-bond acceptors (Lipinski definition) is 7. The van der Waals surface area contributed by atoms with Crippen LogP contribution in [0.5, 0.6) is 5.75 Å². The first kappa shape index (κ1) is 31.7. The van der Waals surface area contributed by atoms with Gasteiger partial charge >= 0.3 is 6.09 Å². The second kappa shape index (κ2) is 12.4. The molecule has 0 bridgehead atoms. The van der Waals surface area contributed by atoms with Crippen LogP contribution in [0.2, 0.25) is 25.7 Å². The molecule has 2 aliphatic heterocycles. The molecule has 1 unspecified atom stereocenters. The molecule has 0 aromatic heterocycles. The van der Waals surface area contributed by atoms with Gasteiger partial charge in [-0.2, -0.15) is 0 Å². The number of benzene rings is 2. The number of likely N-dealkylation sites (tertiary alicyclic amines) is 1. The van der Waals surface area contributed by atoms with Crippen LogP contribution in [0, 0.1) is 0 Å². The van der Waals surface area contributed by atoms with Crippen LogP contribution in [-0.2, 0) is 32.0 Å². The van der Waals surface area contributed by atoms with Gasteiger partial charge in [0.2, 0.25) is 5.91 Å². The van der Waals surface area contributed by atoms with Gasteiger partial charge in [0.1, 0.15) is 30.2 Å². The largest absolute Gasteiger partial charge is 0.488 e. The number of hydrogen-bond donors (Lipinski definition) is 1. The number of alkyl carbamates (subject to hydrolysis) is 1. The van der Waals surface area contributed by atoms with Crippen molar-refractivity contribution >= 4 is 31.9 Å². The van der Waals surface area contributed by atoms with Crippen molar-refractivity contribution in [2.75, 3.05) is 13.3 Å². The minimum absolute atomic E-state index is 0.0894. The summed E-state index contributed by atoms with van der Waals surface area (Å²) in [5.41, 5.74) is 2.69. The van der Waals surface area contributed by atoms with Crippen molar-refractivity contribution in [2.24, 2.45) is 0 Å². The number of amides is 4. The Labute approximate surface area is 260 Å². The van der Waals surface area contributed by atoms with Crippen molar-refractivity contribution in [2.45, 2.75) is 96.1 Å². The summed E-state index contributed by atoms with van der Waals surface area (Å²) in [5, 5.41) is 2.98. The molecule has 3 atom stereocenters. The highest BCUT2D eigenvalue weighted by molar-refractivity contribution is 6.76. The molecule has 4 amide bonds. The highest BCUT2D eigenvalue weighted by Crippen LogP contribution is 2.36. The minimum atomic E-state index is -1.31. The van der Waals surface area contributed by atoms with E-state index in [1.165, 1.54) is 0 Å². The normalized spacial score (nSPS) is 21.8. The Morgan fingerprint density at radius 3 is 2.52 bits per heavy atom. The number of nitrogens with one attached hydrogen (secondary N) is 1. The predicted molar refractivity (Wildman–Crippen MR) is 167 cm³/mol. The number of imide groups is 1. The van der Waals surface area contributed by atoms with E-state index in [-0.39, 0.29) is 44.0 Å². The average Bonchev–Trinajstić information content (AvgIpc) is 3.43. The maximum atomic E-state index is 13.4. The highest BCUT2D eigenvalue weighted by atomic mass is 28.3. The van der Waals surface area contributed by atoms with Crippen molar-refractivity contribution in [3.05, 3.63) is 64.7 Å². The van der Waals surface area contributed by atoms with Crippen LogP contribution in [-0.4, -0.2) is 72.8 Å². The molecule has 11 heteroatoms. The number of piperidine rings is 1. The number of fused-ring (bicyclic) bond motifs is 2. The van der Waals surface area contributed by atoms with E-state index < -0.39 is 37.8 Å². The van der Waals surface area contributed by atoms with Crippen molar-refractivity contribution < 1.29 is 33.4 Å². The minimum Gasteiger partial charge on any atom is -0.488 e. The van der Waals surface area contributed by atoms with E-state index in [1.54, 1.807) is 17.0 Å². The Morgan fingerprint density at radius 1 is 1.05 bits per heavy atom. The molecule has 1 fully saturated rings. The van der Waals surface area contributed by atoms with Crippen LogP contribution in [0.15, 0.2) is 42.5 Å². The van der Waals surface area contributed by atoms with Gasteiger partial charge in [0, 0.05) is 39.6 Å². The zero-order valence-electron chi connectivity index (χ0n) is 26.5. The molecule has 2 aromatic carbocycles. The standard InChI is InChI=1S/C33H43N3O7Si/c1-33(2,3)43-32(40)34-29-24-10-8-7-9-21(24)18-27(29)42-23-11-12-25-22(17-23)19-35(30(25)38)26-13-14-28(37)36(31(26)39)20-41-15-16-44(4,5)6/h7-12,17,26-27,29H,13-16,18-20H2,1-6H3,(H,34,40)/t26?,27-,29-/m0/s1. The lowest BCUT2D eigenvalue weighted by atomic mass is 10.0. The molecular weight excluding hydrogens is 578 g/mol. The molecule has 0 radical (unpaired) electrons. The summed E-state index contributed by atoms with van der Waals surface area (Å²) in [7, 11) is -1.31. The van der Waals surface area contributed by atoms with Crippen LogP contribution in [0.3, 0.4) is 0 Å². The van der Waals surface area contributed by atoms with Crippen molar-refractivity contribution in [1.29, 1.82) is 0 Å². The molecule has 5 rings (SSSR count). The van der Waals surface area contributed by atoms with Crippen molar-refractivity contribution in [3.8, 4) is 5.75 Å². The van der Waals surface area contributed by atoms with Gasteiger partial charge < -0.3 is 24.4 Å². The quantitative estimate of drug-likeness (QED) is 0.237. The molecule has 1 N–H and O–H groups in total. The molecular formula is C33H43N3O7Si. The Hall–Kier alpha value is -3.70. The van der Waals surface area contributed by atoms with Crippen molar-refractivity contribution in [3.63, 3.8) is 0 Å². The van der Waals surface area contributed by atoms with Crippen LogP contribution in [0.25, 0.3) is 0 Å². The summed E-state index contributed by atoms with van der Waals surface area (Å²) in [6.45, 7) is 12.8. The molecule has 44 heavy (non-hydrogen) atoms. The number of carbonyl (C=O) groups is 4. The Bertz CT molecular complexity index is 1450. The van der Waals surface area contributed by atoms with E-state index in [2.05, 4.69) is 25.0 Å². The van der Waals surface area contributed by atoms with Crippen LogP contribution >= 0.6 is 0 Å². The van der Waals surface area contributed by atoms with Crippen LogP contribution in [0.4, 0.5) is 4.79 Å². The van der Waals surface area contributed by atoms with Gasteiger partial charge in [-0.1, -0.05) is 43.9 Å². The number of nitrogens with zero attached hydrogens (tertiary/aromatic N) is 2. The smallest absolute Gasteiger partial charge is 0.408 e. The average molecular weight is 622 g/mol. The molecule has 1 saturated heterocycles. The Balaban J connectivity index is 1.26. The van der Waals surface area contributed by atoms with E-state index in [9.17, 15) is 19.2 Å². The highest BCUT2D eigenvalue weighted by Gasteiger charge is 2.43. The third-order valence-electron chi connectivity index (χ3n) is 8.13. The summed E-state index contributed by atoms with van der Waals surface area (Å²) < 4.78 is 17.7. The third-order valence-corrected chi connectivity index (χ3v) is 9.83. The lowest BCUT2D eigenvalue weighted by Crippen LogP contribution is -2.55. The van der Waals surface area contributed by atoms with Crippen LogP contribution < -0.4 is 10.1 Å². The maximum absolute atomic E-state index is 13.4. The molecule has 10 nitrogen and oxygen atoms in total. The number of carbonyl (C=O) groups excluding carboxylic acids is 4. The summed E-state index contributed by atoms with van der Waals surface area (Å²) in [6.07, 6.45) is 0.154. The third kappa shape index (κ3) is 7.15. The molecule has 2 heterocycles. The first-order chi connectivity index (χ1) is 20.7. The summed E-state index contributed by atoms with van der Waals surface area (Å²) in [4.78, 5) is 54.8. The first-order valence-corrected chi connectivity index (χ1v) is 19.0. The van der Waals surface area contributed by atoms with E-state index >= 15 is 0 Å². The zero-order valence-corrected chi connectivity index (χ0v) is 27.5. The van der Waals surface area contributed by atoms with Gasteiger partial charge in [0.05, 0.1) is 6.04 Å². The lowest BCUT2D eigenvalue weighted by Gasteiger charge is -2.35. The van der Waals surface area contributed by atoms with Gasteiger partial charge in [0.25, 0.3) is 11.8 Å². The SMILES string of the molecule is CC(C)(C)OC(=O)N[C@H]1c2ccccc2C[C@@H]1Oc1ccc2c(c1)CN(C1CCC(=O)N(COCC[Si](C)(C)C)C1=O)C2=O. The van der Waals surface area contributed by atoms with E-state index in [0.717, 1.165) is 27.6 Å². The number of rotatable bonds is 9. The van der Waals surface area contributed by atoms with Gasteiger partial charge in [-0.15, -0.1) is 0 Å². The monoisotopic (exact) mass is 621 g/mol. The van der Waals surface area contributed by atoms with Gasteiger partial charge in [-0.3, -0.25) is 19.3 Å². The molecule has 3 aliphatic rings. The second-order valence-electron chi connectivity index (χ2n) is 14.0. The van der Waals surface area contributed by atoms with E-state index in [4.69, 9.17) is 14.2 Å². The molecule has 2 aromatic rings. The van der Waals surface area contributed by atoms with Gasteiger partial charge in [-0.05, 0) is 68.1 Å². The molecule has 236 valence electrons. The molecule has 1 aliphatic carbocycles. The first-order valence-electron chi connectivity index (χ1n) is 15.3. The summed E-state index contributed by atoms with van der Waals surface area (Å²) in [5.74, 6) is -0.343. The fourth-order valence-electron chi connectivity index (χ4n) is 5.87. The Kier molecular flexibility index (Phi) is 8.91. The fraction of sp³-hybridized carbons (Fsp3) is 0.515. The second-order valence-corrected chi connectivity index (χ2v) is 19.6. The van der Waals surface area contributed by atoms with E-state index in [0.29, 0.717) is 24.3 Å². The molecule has 0 saturated carbocycles. The topological polar surface area (TPSA) is 114 Å². The number of ether oxygens (including phenoxy) is 3. The van der Waals surface area contributed by atoms with Crippen LogP contribution in [0.1, 0.15) is 66.7 Å². The summed E-state index contributed by atoms with van der Waals surface area (Å²) >= 11 is 0. The molecule has 0 spiro atoms. The van der Waals surface area contributed by atoms with E-state index in [1.807, 2.05) is 51.1 Å². The fourth-order valence-corrected chi connectivity index (χ4v) is 6.63. The van der Waals surface area contributed by atoms with Gasteiger partial charge in [0.15, 0.2) is 0 Å². The van der Waals surface area contributed by atoms with Gasteiger partial charge in [-0.25, -0.2) is 4.79 Å². The zero-order chi connectivity index (χ0) is 31.8. The maximum Gasteiger partial charge on any atom is 0.408 e. The van der Waals surface area contributed by atoms with Crippen molar-refractivity contribution in [1.82, 2.24) is 15.1 Å².